The van der Waals surface area contributed by atoms with Crippen LogP contribution in [0.5, 0.6) is 0 Å². The van der Waals surface area contributed by atoms with E-state index in [4.69, 9.17) is 15.9 Å². The van der Waals surface area contributed by atoms with E-state index in [0.717, 1.165) is 0 Å². The Hall–Kier alpha value is -2.32. The number of amides is 3. The van der Waals surface area contributed by atoms with Gasteiger partial charge in [-0.05, 0) is 20.3 Å². The molecular formula is C11H19N3O6. The number of hydrogen-bond donors (Lipinski definition) is 5. The number of urea groups is 1. The van der Waals surface area contributed by atoms with Crippen LogP contribution in [0.1, 0.15) is 33.1 Å². The highest BCUT2D eigenvalue weighted by Crippen LogP contribution is 2.07. The molecule has 1 atom stereocenters. The second-order valence-corrected chi connectivity index (χ2v) is 4.95. The van der Waals surface area contributed by atoms with Gasteiger partial charge in [0.05, 0.1) is 0 Å². The first-order valence-corrected chi connectivity index (χ1v) is 5.85. The quantitative estimate of drug-likeness (QED) is 0.395. The molecule has 0 saturated heterocycles. The average Bonchev–Trinajstić information content (AvgIpc) is 2.20. The Morgan fingerprint density at radius 3 is 2.15 bits per heavy atom. The van der Waals surface area contributed by atoms with Crippen LogP contribution in [0.2, 0.25) is 0 Å². The fourth-order valence-corrected chi connectivity index (χ4v) is 1.51. The molecule has 9 heteroatoms. The molecular weight excluding hydrogens is 270 g/mol. The van der Waals surface area contributed by atoms with Gasteiger partial charge in [-0.25, -0.2) is 9.59 Å². The number of rotatable bonds is 8. The van der Waals surface area contributed by atoms with Crippen LogP contribution in [0.25, 0.3) is 0 Å². The molecule has 0 rings (SSSR count). The molecule has 0 aliphatic carbocycles. The average molecular weight is 289 g/mol. The highest BCUT2D eigenvalue weighted by molar-refractivity contribution is 5.84. The summed E-state index contributed by atoms with van der Waals surface area (Å²) in [6.07, 6.45) is -0.746. The molecule has 0 aromatic heterocycles. The zero-order valence-corrected chi connectivity index (χ0v) is 11.3. The molecule has 0 fully saturated rings. The van der Waals surface area contributed by atoms with E-state index in [2.05, 4.69) is 10.6 Å². The highest BCUT2D eigenvalue weighted by atomic mass is 16.4. The molecule has 0 spiro atoms. The van der Waals surface area contributed by atoms with E-state index in [1.165, 1.54) is 0 Å². The van der Waals surface area contributed by atoms with Gasteiger partial charge in [-0.3, -0.25) is 9.59 Å². The third kappa shape index (κ3) is 7.90. The van der Waals surface area contributed by atoms with Crippen molar-refractivity contribution in [3.63, 3.8) is 0 Å². The van der Waals surface area contributed by atoms with Crippen molar-refractivity contribution in [2.45, 2.75) is 44.7 Å². The zero-order chi connectivity index (χ0) is 15.9. The number of carbonyl (C=O) groups is 4. The second kappa shape index (κ2) is 7.31. The van der Waals surface area contributed by atoms with E-state index >= 15 is 0 Å². The topological polar surface area (TPSA) is 159 Å². The summed E-state index contributed by atoms with van der Waals surface area (Å²) in [5.41, 5.74) is 4.08. The van der Waals surface area contributed by atoms with Crippen LogP contribution in [0.15, 0.2) is 0 Å². The Balaban J connectivity index is 4.49. The normalized spacial score (nSPS) is 12.3. The number of aliphatic carboxylic acids is 2. The molecule has 0 bridgehead atoms. The van der Waals surface area contributed by atoms with Crippen molar-refractivity contribution in [2.75, 3.05) is 0 Å². The molecule has 20 heavy (non-hydrogen) atoms. The molecule has 1 unspecified atom stereocenters. The smallest absolute Gasteiger partial charge is 0.326 e. The fourth-order valence-electron chi connectivity index (χ4n) is 1.51. The molecule has 6 N–H and O–H groups in total. The van der Waals surface area contributed by atoms with Gasteiger partial charge >= 0.3 is 18.0 Å². The first-order valence-electron chi connectivity index (χ1n) is 5.85. The summed E-state index contributed by atoms with van der Waals surface area (Å²) >= 11 is 0. The fraction of sp³-hybridized carbons (Fsp3) is 0.636. The summed E-state index contributed by atoms with van der Waals surface area (Å²) in [4.78, 5) is 43.7. The Labute approximate surface area is 115 Å². The van der Waals surface area contributed by atoms with E-state index in [1.807, 2.05) is 0 Å². The SMILES string of the molecule is CC(C)(CC(N)=O)NC(=O)NC(CCC(=O)O)C(=O)O. The summed E-state index contributed by atoms with van der Waals surface area (Å²) in [6.45, 7) is 3.09. The van der Waals surface area contributed by atoms with Crippen LogP contribution < -0.4 is 16.4 Å². The van der Waals surface area contributed by atoms with Gasteiger partial charge in [0.15, 0.2) is 0 Å². The van der Waals surface area contributed by atoms with Crippen LogP contribution in [0.3, 0.4) is 0 Å². The lowest BCUT2D eigenvalue weighted by molar-refractivity contribution is -0.140. The minimum absolute atomic E-state index is 0.118. The Kier molecular flexibility index (Phi) is 6.47. The summed E-state index contributed by atoms with van der Waals surface area (Å²) in [7, 11) is 0. The third-order valence-electron chi connectivity index (χ3n) is 2.32. The minimum atomic E-state index is -1.34. The molecule has 0 aromatic carbocycles. The van der Waals surface area contributed by atoms with Crippen molar-refractivity contribution < 1.29 is 29.4 Å². The highest BCUT2D eigenvalue weighted by Gasteiger charge is 2.26. The third-order valence-corrected chi connectivity index (χ3v) is 2.32. The Morgan fingerprint density at radius 2 is 1.75 bits per heavy atom. The Bertz CT molecular complexity index is 407. The lowest BCUT2D eigenvalue weighted by atomic mass is 10.0. The number of primary amides is 1. The van der Waals surface area contributed by atoms with Crippen molar-refractivity contribution in [3.8, 4) is 0 Å². The maximum atomic E-state index is 11.6. The van der Waals surface area contributed by atoms with Gasteiger partial charge in [-0.1, -0.05) is 0 Å². The molecule has 0 aromatic rings. The van der Waals surface area contributed by atoms with Crippen molar-refractivity contribution in [3.05, 3.63) is 0 Å². The lowest BCUT2D eigenvalue weighted by Gasteiger charge is -2.26. The molecule has 0 heterocycles. The van der Waals surface area contributed by atoms with Gasteiger partial charge in [0.2, 0.25) is 5.91 Å². The molecule has 0 saturated carbocycles. The largest absolute Gasteiger partial charge is 0.481 e. The van der Waals surface area contributed by atoms with Crippen LogP contribution in [-0.2, 0) is 14.4 Å². The summed E-state index contributed by atoms with van der Waals surface area (Å²) in [5, 5.41) is 21.9. The maximum Gasteiger partial charge on any atom is 0.326 e. The summed E-state index contributed by atoms with van der Waals surface area (Å²) in [6, 6.07) is -2.13. The molecule has 114 valence electrons. The number of nitrogens with one attached hydrogen (secondary N) is 2. The number of carboxylic acid groups (broad SMARTS) is 2. The van der Waals surface area contributed by atoms with Crippen LogP contribution in [0.4, 0.5) is 4.79 Å². The number of hydrogen-bond acceptors (Lipinski definition) is 4. The van der Waals surface area contributed by atoms with Crippen LogP contribution in [0, 0.1) is 0 Å². The molecule has 9 nitrogen and oxygen atoms in total. The van der Waals surface area contributed by atoms with E-state index in [0.29, 0.717) is 0 Å². The standard InChI is InChI=1S/C11H19N3O6/c1-11(2,5-7(12)15)14-10(20)13-6(9(18)19)3-4-8(16)17/h6H,3-5H2,1-2H3,(H2,12,15)(H,16,17)(H,18,19)(H2,13,14,20). The maximum absolute atomic E-state index is 11.6. The summed E-state index contributed by atoms with van der Waals surface area (Å²) in [5.74, 6) is -3.11. The minimum Gasteiger partial charge on any atom is -0.481 e. The summed E-state index contributed by atoms with van der Waals surface area (Å²) < 4.78 is 0. The van der Waals surface area contributed by atoms with E-state index in [1.54, 1.807) is 13.8 Å². The number of carboxylic acids is 2. The van der Waals surface area contributed by atoms with Gasteiger partial charge in [0, 0.05) is 18.4 Å². The van der Waals surface area contributed by atoms with Crippen molar-refractivity contribution >= 4 is 23.9 Å². The van der Waals surface area contributed by atoms with Crippen molar-refractivity contribution in [1.29, 1.82) is 0 Å². The predicted octanol–water partition coefficient (Wildman–Crippen LogP) is -0.742. The Morgan fingerprint density at radius 1 is 1.20 bits per heavy atom. The van der Waals surface area contributed by atoms with Gasteiger partial charge < -0.3 is 26.6 Å². The van der Waals surface area contributed by atoms with Crippen LogP contribution >= 0.6 is 0 Å². The molecule has 3 amide bonds. The van der Waals surface area contributed by atoms with Gasteiger partial charge in [-0.15, -0.1) is 0 Å². The van der Waals surface area contributed by atoms with Crippen LogP contribution in [-0.4, -0.2) is 45.7 Å². The predicted molar refractivity (Wildman–Crippen MR) is 67.9 cm³/mol. The lowest BCUT2D eigenvalue weighted by Crippen LogP contribution is -2.53. The van der Waals surface area contributed by atoms with Crippen molar-refractivity contribution in [2.24, 2.45) is 5.73 Å². The molecule has 0 aliphatic rings. The monoisotopic (exact) mass is 289 g/mol. The molecule has 0 radical (unpaired) electrons. The number of nitrogens with two attached hydrogens (primary N) is 1. The van der Waals surface area contributed by atoms with Crippen molar-refractivity contribution in [1.82, 2.24) is 10.6 Å². The first-order chi connectivity index (χ1) is 9.03. The van der Waals surface area contributed by atoms with Gasteiger partial charge in [0.25, 0.3) is 0 Å². The van der Waals surface area contributed by atoms with Gasteiger partial charge in [-0.2, -0.15) is 0 Å². The first kappa shape index (κ1) is 17.7. The number of carbonyl (C=O) groups excluding carboxylic acids is 2. The van der Waals surface area contributed by atoms with Gasteiger partial charge in [0.1, 0.15) is 6.04 Å². The second-order valence-electron chi connectivity index (χ2n) is 4.95. The van der Waals surface area contributed by atoms with E-state index < -0.39 is 35.5 Å². The zero-order valence-electron chi connectivity index (χ0n) is 11.3. The van der Waals surface area contributed by atoms with E-state index in [9.17, 15) is 19.2 Å². The van der Waals surface area contributed by atoms with E-state index in [-0.39, 0.29) is 19.3 Å². The molecule has 0 aliphatic heterocycles.